The Morgan fingerprint density at radius 3 is 2.45 bits per heavy atom. The van der Waals surface area contributed by atoms with Gasteiger partial charge in [-0.2, -0.15) is 13.2 Å². The molecule has 33 heavy (non-hydrogen) atoms. The van der Waals surface area contributed by atoms with Crippen LogP contribution in [0.25, 0.3) is 0 Å². The molecule has 0 aliphatic rings. The molecule has 0 radical (unpaired) electrons. The van der Waals surface area contributed by atoms with Crippen molar-refractivity contribution in [1.29, 1.82) is 0 Å². The maximum Gasteiger partial charge on any atom is 0.417 e. The second-order valence-corrected chi connectivity index (χ2v) is 6.95. The van der Waals surface area contributed by atoms with Gasteiger partial charge >= 0.3 is 12.1 Å². The lowest BCUT2D eigenvalue weighted by Gasteiger charge is -2.10. The van der Waals surface area contributed by atoms with Crippen molar-refractivity contribution in [2.24, 2.45) is 0 Å². The third kappa shape index (κ3) is 6.46. The second-order valence-electron chi connectivity index (χ2n) is 6.95. The highest BCUT2D eigenvalue weighted by atomic mass is 19.4. The molecule has 170 valence electrons. The number of rotatable bonds is 6. The number of alkyl halides is 3. The molecule has 0 saturated carbocycles. The Morgan fingerprint density at radius 2 is 1.76 bits per heavy atom. The maximum absolute atomic E-state index is 13.3. The van der Waals surface area contributed by atoms with E-state index in [2.05, 4.69) is 16.8 Å². The topological polar surface area (TPSA) is 79.7 Å². The highest BCUT2D eigenvalue weighted by Crippen LogP contribution is 2.33. The van der Waals surface area contributed by atoms with Crippen molar-refractivity contribution in [2.45, 2.75) is 19.0 Å². The summed E-state index contributed by atoms with van der Waals surface area (Å²) in [6.07, 6.45) is -1.60. The molecule has 2 N–H and O–H groups in total. The smallest absolute Gasteiger partial charge is 0.417 e. The summed E-state index contributed by atoms with van der Waals surface area (Å²) < 4.78 is 58.4. The van der Waals surface area contributed by atoms with Gasteiger partial charge in [0.25, 0.3) is 0 Å². The number of pyridine rings is 1. The van der Waals surface area contributed by atoms with E-state index < -0.39 is 29.3 Å². The summed E-state index contributed by atoms with van der Waals surface area (Å²) in [5, 5.41) is 18.6. The van der Waals surface area contributed by atoms with E-state index in [1.807, 2.05) is 0 Å². The van der Waals surface area contributed by atoms with Gasteiger partial charge < -0.3 is 14.9 Å². The summed E-state index contributed by atoms with van der Waals surface area (Å²) in [7, 11) is 0. The molecule has 5 nitrogen and oxygen atoms in total. The number of hydrogen-bond acceptors (Lipinski definition) is 4. The van der Waals surface area contributed by atoms with E-state index in [-0.39, 0.29) is 23.5 Å². The standard InChI is InChI=1S/C24H17F4NO4/c25-19-11-21(14-29-13-19)33-9-1-2-17-10-18(23(31)32)6-4-15(17)3-5-16-7-8-20(30)12-22(16)24(26,27)28/h4,6-8,10-14,30H,1-2,9H2,(H,31,32). The Labute approximate surface area is 186 Å². The quantitative estimate of drug-likeness (QED) is 0.306. The van der Waals surface area contributed by atoms with E-state index in [4.69, 9.17) is 4.74 Å². The number of phenolic OH excluding ortho intramolecular Hbond substituents is 1. The number of ether oxygens (including phenoxy) is 1. The zero-order chi connectivity index (χ0) is 24.0. The number of phenols is 1. The lowest BCUT2D eigenvalue weighted by molar-refractivity contribution is -0.137. The first-order valence-electron chi connectivity index (χ1n) is 9.65. The molecule has 0 amide bonds. The van der Waals surface area contributed by atoms with Crippen LogP contribution in [0.2, 0.25) is 0 Å². The van der Waals surface area contributed by atoms with E-state index in [1.54, 1.807) is 0 Å². The second kappa shape index (κ2) is 10.0. The Kier molecular flexibility index (Phi) is 7.18. The number of carbonyl (C=O) groups is 1. The predicted molar refractivity (Wildman–Crippen MR) is 111 cm³/mol. The van der Waals surface area contributed by atoms with Gasteiger partial charge in [-0.15, -0.1) is 0 Å². The number of halogens is 4. The van der Waals surface area contributed by atoms with Crippen LogP contribution in [-0.4, -0.2) is 27.8 Å². The zero-order valence-corrected chi connectivity index (χ0v) is 17.0. The number of aromatic hydroxyl groups is 1. The van der Waals surface area contributed by atoms with Gasteiger partial charge in [-0.05, 0) is 54.8 Å². The molecule has 1 heterocycles. The Morgan fingerprint density at radius 1 is 1.03 bits per heavy atom. The summed E-state index contributed by atoms with van der Waals surface area (Å²) in [6.45, 7) is 0.172. The minimum atomic E-state index is -4.71. The number of carboxylic acid groups (broad SMARTS) is 1. The van der Waals surface area contributed by atoms with Crippen molar-refractivity contribution in [2.75, 3.05) is 6.61 Å². The number of aromatic nitrogens is 1. The number of hydrogen-bond donors (Lipinski definition) is 2. The molecule has 0 bridgehead atoms. The molecule has 0 aliphatic heterocycles. The summed E-state index contributed by atoms with van der Waals surface area (Å²) in [4.78, 5) is 15.0. The number of benzene rings is 2. The Hall–Kier alpha value is -4.06. The number of aryl methyl sites for hydroxylation is 1. The van der Waals surface area contributed by atoms with Crippen LogP contribution in [0.3, 0.4) is 0 Å². The largest absolute Gasteiger partial charge is 0.508 e. The number of carboxylic acids is 1. The van der Waals surface area contributed by atoms with E-state index in [1.165, 1.54) is 30.5 Å². The van der Waals surface area contributed by atoms with Crippen LogP contribution in [0, 0.1) is 17.7 Å². The minimum Gasteiger partial charge on any atom is -0.508 e. The lowest BCUT2D eigenvalue weighted by Crippen LogP contribution is -2.07. The number of aromatic carboxylic acids is 1. The van der Waals surface area contributed by atoms with Crippen molar-refractivity contribution in [3.8, 4) is 23.3 Å². The minimum absolute atomic E-state index is 0.00594. The van der Waals surface area contributed by atoms with Crippen LogP contribution in [0.1, 0.15) is 39.0 Å². The Balaban J connectivity index is 1.83. The van der Waals surface area contributed by atoms with Gasteiger partial charge in [-0.3, -0.25) is 4.98 Å². The van der Waals surface area contributed by atoms with Crippen molar-refractivity contribution in [3.05, 3.63) is 88.5 Å². The first-order chi connectivity index (χ1) is 15.6. The molecule has 3 rings (SSSR count). The van der Waals surface area contributed by atoms with Crippen molar-refractivity contribution >= 4 is 5.97 Å². The van der Waals surface area contributed by atoms with Crippen LogP contribution in [0.15, 0.2) is 54.9 Å². The average molecular weight is 459 g/mol. The van der Waals surface area contributed by atoms with Crippen LogP contribution in [0.4, 0.5) is 17.6 Å². The normalized spacial score (nSPS) is 10.9. The van der Waals surface area contributed by atoms with Gasteiger partial charge in [0.05, 0.1) is 30.1 Å². The lowest BCUT2D eigenvalue weighted by atomic mass is 9.99. The first kappa shape index (κ1) is 23.6. The SMILES string of the molecule is O=C(O)c1ccc(C#Cc2ccc(O)cc2C(F)(F)F)c(CCCOc2cncc(F)c2)c1. The summed E-state index contributed by atoms with van der Waals surface area (Å²) in [6, 6.07) is 8.08. The summed E-state index contributed by atoms with van der Waals surface area (Å²) in [5.74, 6) is 3.13. The van der Waals surface area contributed by atoms with E-state index in [0.717, 1.165) is 18.3 Å². The van der Waals surface area contributed by atoms with Crippen LogP contribution < -0.4 is 4.74 Å². The molecule has 0 atom stereocenters. The fraction of sp³-hybridized carbons (Fsp3) is 0.167. The van der Waals surface area contributed by atoms with Crippen LogP contribution in [-0.2, 0) is 12.6 Å². The molecule has 2 aromatic carbocycles. The first-order valence-corrected chi connectivity index (χ1v) is 9.65. The third-order valence-electron chi connectivity index (χ3n) is 4.53. The van der Waals surface area contributed by atoms with Gasteiger partial charge in [0.1, 0.15) is 17.3 Å². The third-order valence-corrected chi connectivity index (χ3v) is 4.53. The molecule has 0 aliphatic carbocycles. The molecular formula is C24H17F4NO4. The molecular weight excluding hydrogens is 442 g/mol. The van der Waals surface area contributed by atoms with Crippen LogP contribution in [0.5, 0.6) is 11.5 Å². The maximum atomic E-state index is 13.3. The van der Waals surface area contributed by atoms with E-state index >= 15 is 0 Å². The molecule has 0 spiro atoms. The number of nitrogens with zero attached hydrogens (tertiary/aromatic N) is 1. The monoisotopic (exact) mass is 459 g/mol. The van der Waals surface area contributed by atoms with Gasteiger partial charge in [0.15, 0.2) is 0 Å². The summed E-state index contributed by atoms with van der Waals surface area (Å²) >= 11 is 0. The Bertz CT molecular complexity index is 1230. The molecule has 0 unspecified atom stereocenters. The highest BCUT2D eigenvalue weighted by molar-refractivity contribution is 5.88. The molecule has 0 fully saturated rings. The molecule has 0 saturated heterocycles. The molecule has 9 heteroatoms. The summed E-state index contributed by atoms with van der Waals surface area (Å²) in [5.41, 5.74) is -0.526. The van der Waals surface area contributed by atoms with Gasteiger partial charge in [-0.1, -0.05) is 11.8 Å². The van der Waals surface area contributed by atoms with Gasteiger partial charge in [-0.25, -0.2) is 9.18 Å². The van der Waals surface area contributed by atoms with Crippen molar-refractivity contribution < 1.29 is 37.3 Å². The predicted octanol–water partition coefficient (Wildman–Crippen LogP) is 5.05. The zero-order valence-electron chi connectivity index (χ0n) is 17.0. The van der Waals surface area contributed by atoms with E-state index in [9.17, 15) is 32.6 Å². The van der Waals surface area contributed by atoms with Crippen molar-refractivity contribution in [3.63, 3.8) is 0 Å². The molecule has 3 aromatic rings. The average Bonchev–Trinajstić information content (AvgIpc) is 2.75. The fourth-order valence-electron chi connectivity index (χ4n) is 2.99. The van der Waals surface area contributed by atoms with Gasteiger partial charge in [0, 0.05) is 17.2 Å². The van der Waals surface area contributed by atoms with Crippen molar-refractivity contribution in [1.82, 2.24) is 4.98 Å². The van der Waals surface area contributed by atoms with Gasteiger partial charge in [0.2, 0.25) is 0 Å². The van der Waals surface area contributed by atoms with Crippen LogP contribution >= 0.6 is 0 Å². The van der Waals surface area contributed by atoms with E-state index in [0.29, 0.717) is 30.0 Å². The fourth-order valence-corrected chi connectivity index (χ4v) is 2.99. The highest BCUT2D eigenvalue weighted by Gasteiger charge is 2.33. The molecule has 1 aromatic heterocycles.